The maximum absolute atomic E-state index is 13.9. The van der Waals surface area contributed by atoms with Crippen LogP contribution >= 0.6 is 0 Å². The van der Waals surface area contributed by atoms with E-state index in [2.05, 4.69) is 9.97 Å². The molecule has 2 aromatic heterocycles. The second kappa shape index (κ2) is 8.35. The quantitative estimate of drug-likeness (QED) is 0.388. The highest BCUT2D eigenvalue weighted by Gasteiger charge is 2.46. The molecule has 1 aliphatic rings. The van der Waals surface area contributed by atoms with Crippen LogP contribution in [0.2, 0.25) is 0 Å². The van der Waals surface area contributed by atoms with E-state index in [1.54, 1.807) is 36.5 Å². The molecule has 1 N–H and O–H groups in total. The molecule has 1 amide bonds. The van der Waals surface area contributed by atoms with Crippen molar-refractivity contribution in [3.8, 4) is 5.75 Å². The number of aliphatic hydroxyl groups is 1. The molecule has 7 nitrogen and oxygen atoms in total. The van der Waals surface area contributed by atoms with Crippen molar-refractivity contribution >= 4 is 17.4 Å². The topological polar surface area (TPSA) is 92.6 Å². The number of halogens is 1. The number of ether oxygens (including phenoxy) is 1. The summed E-state index contributed by atoms with van der Waals surface area (Å²) in [6.07, 6.45) is 4.64. The normalized spacial score (nSPS) is 17.7. The van der Waals surface area contributed by atoms with Crippen LogP contribution in [0.15, 0.2) is 72.7 Å². The van der Waals surface area contributed by atoms with Crippen LogP contribution in [0.25, 0.3) is 5.76 Å². The number of benzene rings is 1. The molecule has 0 radical (unpaired) electrons. The number of likely N-dealkylation sites (tertiary alicyclic amines) is 1. The number of methoxy groups -OCH3 is 1. The van der Waals surface area contributed by atoms with Gasteiger partial charge in [0.2, 0.25) is 0 Å². The Balaban J connectivity index is 1.90. The lowest BCUT2D eigenvalue weighted by Crippen LogP contribution is -2.29. The summed E-state index contributed by atoms with van der Waals surface area (Å²) in [4.78, 5) is 35.5. The van der Waals surface area contributed by atoms with Crippen LogP contribution in [0.1, 0.15) is 22.9 Å². The van der Waals surface area contributed by atoms with Crippen molar-refractivity contribution in [1.82, 2.24) is 14.9 Å². The van der Waals surface area contributed by atoms with Gasteiger partial charge in [-0.2, -0.15) is 0 Å². The number of aliphatic hydroxyl groups excluding tert-OH is 1. The maximum atomic E-state index is 13.9. The molecule has 3 heterocycles. The molecule has 0 saturated carbocycles. The first kappa shape index (κ1) is 20.2. The minimum Gasteiger partial charge on any atom is -0.507 e. The second-order valence-electron chi connectivity index (χ2n) is 6.87. The number of Topliss-reactive ketones (excluding diaryl/α,β-unsaturated/α-hetero) is 1. The SMILES string of the molecule is COc1ccc(F)cc1/C(O)=C1\C(=O)C(=O)N(Cc2ccccn2)C1c1ccncc1. The molecule has 1 atom stereocenters. The summed E-state index contributed by atoms with van der Waals surface area (Å²) in [7, 11) is 1.37. The van der Waals surface area contributed by atoms with Gasteiger partial charge in [0, 0.05) is 18.6 Å². The van der Waals surface area contributed by atoms with Crippen molar-refractivity contribution in [2.24, 2.45) is 0 Å². The largest absolute Gasteiger partial charge is 0.507 e. The zero-order valence-electron chi connectivity index (χ0n) is 16.5. The van der Waals surface area contributed by atoms with E-state index in [1.165, 1.54) is 36.5 Å². The molecule has 3 aromatic rings. The van der Waals surface area contributed by atoms with Crippen LogP contribution in [-0.2, 0) is 16.1 Å². The van der Waals surface area contributed by atoms with E-state index in [1.807, 2.05) is 0 Å². The zero-order chi connectivity index (χ0) is 22.0. The number of carbonyl (C=O) groups is 2. The molecule has 0 aliphatic carbocycles. The number of aromatic nitrogens is 2. The number of ketones is 1. The molecule has 31 heavy (non-hydrogen) atoms. The van der Waals surface area contributed by atoms with Gasteiger partial charge in [-0.05, 0) is 48.0 Å². The van der Waals surface area contributed by atoms with E-state index < -0.39 is 29.3 Å². The average molecular weight is 419 g/mol. The van der Waals surface area contributed by atoms with Crippen molar-refractivity contribution in [2.45, 2.75) is 12.6 Å². The van der Waals surface area contributed by atoms with Gasteiger partial charge in [-0.3, -0.25) is 19.6 Å². The Kier molecular flexibility index (Phi) is 5.44. The lowest BCUT2D eigenvalue weighted by atomic mass is 9.95. The third-order valence-electron chi connectivity index (χ3n) is 5.04. The lowest BCUT2D eigenvalue weighted by Gasteiger charge is -2.25. The molecular formula is C23H18FN3O4. The van der Waals surface area contributed by atoms with Crippen molar-refractivity contribution in [3.05, 3.63) is 95.3 Å². The average Bonchev–Trinajstić information content (AvgIpc) is 3.04. The third kappa shape index (κ3) is 3.75. The standard InChI is InChI=1S/C23H18FN3O4/c1-31-18-6-5-15(24)12-17(18)21(28)19-20(14-7-10-25-11-8-14)27(23(30)22(19)29)13-16-4-2-3-9-26-16/h2-12,20,28H,13H2,1H3/b21-19+. The molecule has 1 saturated heterocycles. The Hall–Kier alpha value is -4.07. The van der Waals surface area contributed by atoms with Crippen LogP contribution in [0, 0.1) is 5.82 Å². The number of hydrogen-bond donors (Lipinski definition) is 1. The van der Waals surface area contributed by atoms with Crippen molar-refractivity contribution in [2.75, 3.05) is 7.11 Å². The third-order valence-corrected chi connectivity index (χ3v) is 5.04. The number of nitrogens with zero attached hydrogens (tertiary/aromatic N) is 3. The summed E-state index contributed by atoms with van der Waals surface area (Å²) in [5.74, 6) is -2.63. The van der Waals surface area contributed by atoms with Gasteiger partial charge < -0.3 is 14.7 Å². The number of amides is 1. The molecule has 156 valence electrons. The van der Waals surface area contributed by atoms with Crippen LogP contribution < -0.4 is 4.74 Å². The van der Waals surface area contributed by atoms with Gasteiger partial charge in [-0.15, -0.1) is 0 Å². The van der Waals surface area contributed by atoms with Crippen LogP contribution in [0.3, 0.4) is 0 Å². The number of rotatable bonds is 5. The van der Waals surface area contributed by atoms with E-state index >= 15 is 0 Å². The fraction of sp³-hybridized carbons (Fsp3) is 0.130. The van der Waals surface area contributed by atoms with E-state index in [0.29, 0.717) is 11.3 Å². The predicted molar refractivity (Wildman–Crippen MR) is 109 cm³/mol. The predicted octanol–water partition coefficient (Wildman–Crippen LogP) is 3.25. The molecule has 1 aliphatic heterocycles. The summed E-state index contributed by atoms with van der Waals surface area (Å²) in [6.45, 7) is 0.0511. The smallest absolute Gasteiger partial charge is 0.296 e. The Morgan fingerprint density at radius 3 is 2.58 bits per heavy atom. The Labute approximate surface area is 177 Å². The monoisotopic (exact) mass is 419 g/mol. The number of carbonyl (C=O) groups excluding carboxylic acids is 2. The lowest BCUT2D eigenvalue weighted by molar-refractivity contribution is -0.140. The van der Waals surface area contributed by atoms with E-state index in [9.17, 15) is 19.1 Å². The van der Waals surface area contributed by atoms with Gasteiger partial charge >= 0.3 is 0 Å². The minimum absolute atomic E-state index is 0.0163. The van der Waals surface area contributed by atoms with Crippen LogP contribution in [0.5, 0.6) is 5.75 Å². The van der Waals surface area contributed by atoms with Crippen LogP contribution in [-0.4, -0.2) is 38.8 Å². The second-order valence-corrected chi connectivity index (χ2v) is 6.87. The first-order valence-electron chi connectivity index (χ1n) is 9.43. The summed E-state index contributed by atoms with van der Waals surface area (Å²) in [6, 6.07) is 11.2. The molecule has 8 heteroatoms. The number of pyridine rings is 2. The van der Waals surface area contributed by atoms with Crippen molar-refractivity contribution in [3.63, 3.8) is 0 Å². The summed E-state index contributed by atoms with van der Waals surface area (Å²) in [5.41, 5.74) is 0.974. The van der Waals surface area contributed by atoms with Crippen molar-refractivity contribution in [1.29, 1.82) is 0 Å². The molecule has 1 unspecified atom stereocenters. The first-order chi connectivity index (χ1) is 15.0. The van der Waals surface area contributed by atoms with Gasteiger partial charge in [-0.25, -0.2) is 4.39 Å². The molecule has 4 rings (SSSR count). The van der Waals surface area contributed by atoms with Gasteiger partial charge in [0.15, 0.2) is 0 Å². The summed E-state index contributed by atoms with van der Waals surface area (Å²) < 4.78 is 19.1. The fourth-order valence-corrected chi connectivity index (χ4v) is 3.61. The Bertz CT molecular complexity index is 1170. The molecule has 1 fully saturated rings. The zero-order valence-corrected chi connectivity index (χ0v) is 16.5. The van der Waals surface area contributed by atoms with Crippen molar-refractivity contribution < 1.29 is 23.8 Å². The highest BCUT2D eigenvalue weighted by molar-refractivity contribution is 6.46. The van der Waals surface area contributed by atoms with Gasteiger partial charge in [0.1, 0.15) is 17.3 Å². The minimum atomic E-state index is -0.905. The summed E-state index contributed by atoms with van der Waals surface area (Å²) >= 11 is 0. The first-order valence-corrected chi connectivity index (χ1v) is 9.43. The molecule has 1 aromatic carbocycles. The van der Waals surface area contributed by atoms with Gasteiger partial charge in [-0.1, -0.05) is 6.07 Å². The highest BCUT2D eigenvalue weighted by atomic mass is 19.1. The van der Waals surface area contributed by atoms with E-state index in [-0.39, 0.29) is 23.4 Å². The van der Waals surface area contributed by atoms with Gasteiger partial charge in [0.25, 0.3) is 11.7 Å². The van der Waals surface area contributed by atoms with E-state index in [0.717, 1.165) is 6.07 Å². The van der Waals surface area contributed by atoms with Gasteiger partial charge in [0.05, 0.1) is 36.5 Å². The summed E-state index contributed by atoms with van der Waals surface area (Å²) in [5, 5.41) is 11.1. The number of hydrogen-bond acceptors (Lipinski definition) is 6. The molecule has 0 spiro atoms. The van der Waals surface area contributed by atoms with Crippen LogP contribution in [0.4, 0.5) is 4.39 Å². The molecule has 0 bridgehead atoms. The maximum Gasteiger partial charge on any atom is 0.296 e. The fourth-order valence-electron chi connectivity index (χ4n) is 3.61. The molecular weight excluding hydrogens is 401 g/mol. The highest BCUT2D eigenvalue weighted by Crippen LogP contribution is 2.41. The Morgan fingerprint density at radius 2 is 1.90 bits per heavy atom. The Morgan fingerprint density at radius 1 is 1.13 bits per heavy atom. The van der Waals surface area contributed by atoms with E-state index in [4.69, 9.17) is 4.74 Å².